The molecule has 0 radical (unpaired) electrons. The second kappa shape index (κ2) is 3.13. The lowest BCUT2D eigenvalue weighted by molar-refractivity contribution is 0.275. The highest BCUT2D eigenvalue weighted by Gasteiger charge is 2.01. The SMILES string of the molecule is C#CC(C)Oc1nnns1. The van der Waals surface area contributed by atoms with Crippen LogP contribution in [0.3, 0.4) is 0 Å². The van der Waals surface area contributed by atoms with Gasteiger partial charge in [0.15, 0.2) is 6.10 Å². The summed E-state index contributed by atoms with van der Waals surface area (Å²) < 4.78 is 8.55. The highest BCUT2D eigenvalue weighted by atomic mass is 32.1. The van der Waals surface area contributed by atoms with Gasteiger partial charge in [0.1, 0.15) is 0 Å². The number of nitrogens with zero attached hydrogens (tertiary/aromatic N) is 3. The molecule has 0 saturated heterocycles. The predicted molar refractivity (Wildman–Crippen MR) is 36.6 cm³/mol. The molecular weight excluding hydrogens is 150 g/mol. The molecule has 1 rings (SSSR count). The third-order valence-electron chi connectivity index (χ3n) is 0.794. The minimum absolute atomic E-state index is 0.269. The second-order valence-corrected chi connectivity index (χ2v) is 2.25. The maximum absolute atomic E-state index is 5.05. The number of hydrogen-bond acceptors (Lipinski definition) is 5. The largest absolute Gasteiger partial charge is 0.452 e. The molecule has 4 nitrogen and oxygen atoms in total. The van der Waals surface area contributed by atoms with Gasteiger partial charge in [-0.15, -0.1) is 6.42 Å². The first-order valence-corrected chi connectivity index (χ1v) is 3.38. The van der Waals surface area contributed by atoms with E-state index in [1.54, 1.807) is 6.92 Å². The van der Waals surface area contributed by atoms with Gasteiger partial charge in [-0.3, -0.25) is 0 Å². The third-order valence-corrected chi connectivity index (χ3v) is 1.28. The average Bonchev–Trinajstić information content (AvgIpc) is 2.40. The van der Waals surface area contributed by atoms with Crippen molar-refractivity contribution in [3.05, 3.63) is 0 Å². The van der Waals surface area contributed by atoms with Gasteiger partial charge in [0.05, 0.1) is 0 Å². The summed E-state index contributed by atoms with van der Waals surface area (Å²) in [5.74, 6) is 2.39. The van der Waals surface area contributed by atoms with Crippen molar-refractivity contribution in [3.8, 4) is 17.5 Å². The van der Waals surface area contributed by atoms with Crippen molar-refractivity contribution in [1.29, 1.82) is 0 Å². The fourth-order valence-electron chi connectivity index (χ4n) is 0.357. The number of ether oxygens (including phenoxy) is 1. The molecule has 1 aromatic heterocycles. The van der Waals surface area contributed by atoms with Gasteiger partial charge in [0.25, 0.3) is 0 Å². The van der Waals surface area contributed by atoms with Gasteiger partial charge in [-0.1, -0.05) is 15.5 Å². The summed E-state index contributed by atoms with van der Waals surface area (Å²) in [5, 5.41) is 7.29. The molecule has 0 bridgehead atoms. The van der Waals surface area contributed by atoms with Crippen molar-refractivity contribution in [2.75, 3.05) is 0 Å². The molecular formula is C5H5N3OS. The first-order chi connectivity index (χ1) is 4.83. The van der Waals surface area contributed by atoms with Crippen LogP contribution in [-0.2, 0) is 0 Å². The quantitative estimate of drug-likeness (QED) is 0.577. The van der Waals surface area contributed by atoms with E-state index >= 15 is 0 Å². The Labute approximate surface area is 62.4 Å². The van der Waals surface area contributed by atoms with E-state index in [0.717, 1.165) is 11.5 Å². The van der Waals surface area contributed by atoms with Crippen LogP contribution in [0.15, 0.2) is 0 Å². The maximum Gasteiger partial charge on any atom is 0.314 e. The van der Waals surface area contributed by atoms with Gasteiger partial charge >= 0.3 is 5.19 Å². The van der Waals surface area contributed by atoms with Crippen molar-refractivity contribution in [2.45, 2.75) is 13.0 Å². The molecule has 1 unspecified atom stereocenters. The molecule has 0 N–H and O–H groups in total. The van der Waals surface area contributed by atoms with Crippen LogP contribution in [0.1, 0.15) is 6.92 Å². The summed E-state index contributed by atoms with van der Waals surface area (Å²) >= 11 is 1.08. The van der Waals surface area contributed by atoms with Crippen LogP contribution in [0.4, 0.5) is 0 Å². The van der Waals surface area contributed by atoms with Gasteiger partial charge in [-0.2, -0.15) is 0 Å². The molecule has 1 aromatic rings. The Kier molecular flexibility index (Phi) is 2.18. The Balaban J connectivity index is 2.50. The molecule has 0 amide bonds. The van der Waals surface area contributed by atoms with E-state index < -0.39 is 0 Å². The van der Waals surface area contributed by atoms with Gasteiger partial charge in [-0.25, -0.2) is 0 Å². The van der Waals surface area contributed by atoms with Crippen LogP contribution < -0.4 is 4.74 Å². The average molecular weight is 155 g/mol. The maximum atomic E-state index is 5.05. The minimum atomic E-state index is -0.269. The highest BCUT2D eigenvalue weighted by Crippen LogP contribution is 2.09. The molecule has 0 aliphatic heterocycles. The molecule has 1 heterocycles. The Morgan fingerprint density at radius 1 is 1.80 bits per heavy atom. The van der Waals surface area contributed by atoms with E-state index in [-0.39, 0.29) is 6.10 Å². The molecule has 0 aromatic carbocycles. The zero-order valence-electron chi connectivity index (χ0n) is 5.31. The first kappa shape index (κ1) is 6.96. The molecule has 0 saturated carbocycles. The zero-order chi connectivity index (χ0) is 7.40. The van der Waals surface area contributed by atoms with Crippen LogP contribution in [-0.4, -0.2) is 20.9 Å². The monoisotopic (exact) mass is 155 g/mol. The van der Waals surface area contributed by atoms with E-state index in [1.807, 2.05) is 0 Å². The minimum Gasteiger partial charge on any atom is -0.452 e. The van der Waals surface area contributed by atoms with E-state index in [0.29, 0.717) is 5.19 Å². The summed E-state index contributed by atoms with van der Waals surface area (Å²) in [4.78, 5) is 0. The van der Waals surface area contributed by atoms with Crippen molar-refractivity contribution in [3.63, 3.8) is 0 Å². The van der Waals surface area contributed by atoms with Gasteiger partial charge in [0, 0.05) is 11.5 Å². The summed E-state index contributed by atoms with van der Waals surface area (Å²) in [6, 6.07) is 0. The normalized spacial score (nSPS) is 12.0. The van der Waals surface area contributed by atoms with Crippen LogP contribution in [0.2, 0.25) is 0 Å². The summed E-state index contributed by atoms with van der Waals surface area (Å²) in [6.45, 7) is 1.75. The molecule has 10 heavy (non-hydrogen) atoms. The van der Waals surface area contributed by atoms with E-state index in [9.17, 15) is 0 Å². The smallest absolute Gasteiger partial charge is 0.314 e. The molecule has 0 spiro atoms. The van der Waals surface area contributed by atoms with Crippen molar-refractivity contribution >= 4 is 11.5 Å². The molecule has 5 heteroatoms. The van der Waals surface area contributed by atoms with Gasteiger partial charge in [0.2, 0.25) is 0 Å². The molecule has 0 aliphatic rings. The topological polar surface area (TPSA) is 47.9 Å². The Morgan fingerprint density at radius 2 is 2.60 bits per heavy atom. The number of hydrogen-bond donors (Lipinski definition) is 0. The highest BCUT2D eigenvalue weighted by molar-refractivity contribution is 7.07. The van der Waals surface area contributed by atoms with E-state index in [2.05, 4.69) is 20.7 Å². The Hall–Kier alpha value is -1.15. The van der Waals surface area contributed by atoms with Crippen molar-refractivity contribution in [2.24, 2.45) is 0 Å². The summed E-state index contributed by atoms with van der Waals surface area (Å²) in [5.41, 5.74) is 0. The summed E-state index contributed by atoms with van der Waals surface area (Å²) in [7, 11) is 0. The van der Waals surface area contributed by atoms with Crippen LogP contribution in [0, 0.1) is 12.3 Å². The third kappa shape index (κ3) is 1.67. The van der Waals surface area contributed by atoms with Gasteiger partial charge < -0.3 is 4.74 Å². The lowest BCUT2D eigenvalue weighted by atomic mass is 10.4. The van der Waals surface area contributed by atoms with Crippen molar-refractivity contribution in [1.82, 2.24) is 14.8 Å². The van der Waals surface area contributed by atoms with Crippen LogP contribution in [0.5, 0.6) is 5.19 Å². The molecule has 1 atom stereocenters. The standard InChI is InChI=1S/C5H5N3OS/c1-3-4(2)9-5-6-7-8-10-5/h1,4H,2H3. The molecule has 0 fully saturated rings. The first-order valence-electron chi connectivity index (χ1n) is 2.60. The lowest BCUT2D eigenvalue weighted by Crippen LogP contribution is -2.07. The van der Waals surface area contributed by atoms with Crippen LogP contribution >= 0.6 is 11.5 Å². The van der Waals surface area contributed by atoms with Crippen molar-refractivity contribution < 1.29 is 4.74 Å². The Bertz CT molecular complexity index is 228. The second-order valence-electron chi connectivity index (χ2n) is 1.56. The van der Waals surface area contributed by atoms with Crippen LogP contribution in [0.25, 0.3) is 0 Å². The van der Waals surface area contributed by atoms with Gasteiger partial charge in [-0.05, 0) is 12.1 Å². The van der Waals surface area contributed by atoms with E-state index in [1.165, 1.54) is 0 Å². The summed E-state index contributed by atoms with van der Waals surface area (Å²) in [6.07, 6.45) is 4.78. The Morgan fingerprint density at radius 3 is 3.10 bits per heavy atom. The zero-order valence-corrected chi connectivity index (χ0v) is 6.13. The number of aromatic nitrogens is 3. The lowest BCUT2D eigenvalue weighted by Gasteiger charge is -2.00. The molecule has 0 aliphatic carbocycles. The number of rotatable bonds is 2. The molecule has 52 valence electrons. The fraction of sp³-hybridized carbons (Fsp3) is 0.400. The van der Waals surface area contributed by atoms with E-state index in [4.69, 9.17) is 11.2 Å². The predicted octanol–water partition coefficient (Wildman–Crippen LogP) is 0.334. The number of terminal acetylenes is 1. The fourth-order valence-corrected chi connectivity index (χ4v) is 0.760.